The van der Waals surface area contributed by atoms with E-state index in [2.05, 4.69) is 25.0 Å². The zero-order valence-corrected chi connectivity index (χ0v) is 19.4. The molecule has 0 N–H and O–H groups in total. The van der Waals surface area contributed by atoms with E-state index in [-0.39, 0.29) is 11.3 Å². The van der Waals surface area contributed by atoms with E-state index >= 15 is 0 Å². The largest absolute Gasteiger partial charge is 0.297 e. The van der Waals surface area contributed by atoms with Crippen molar-refractivity contribution in [3.63, 3.8) is 0 Å². The molecule has 6 rings (SSSR count). The van der Waals surface area contributed by atoms with E-state index in [1.807, 2.05) is 6.92 Å². The average Bonchev–Trinajstić information content (AvgIpc) is 3.11. The third-order valence-electron chi connectivity index (χ3n) is 10.9. The summed E-state index contributed by atoms with van der Waals surface area (Å²) in [5, 5.41) is 13.7. The fourth-order valence-corrected chi connectivity index (χ4v) is 9.80. The Hall–Kier alpha value is -1.63. The molecule has 1 aromatic heterocycles. The van der Waals surface area contributed by atoms with Gasteiger partial charge in [-0.05, 0) is 91.8 Å². The summed E-state index contributed by atoms with van der Waals surface area (Å²) < 4.78 is 1.73. The first kappa shape index (κ1) is 20.0. The number of carbonyl (C=O) groups excluding carboxylic acids is 1. The van der Waals surface area contributed by atoms with Gasteiger partial charge in [0.05, 0.1) is 17.8 Å². The molecule has 4 nitrogen and oxygen atoms in total. The van der Waals surface area contributed by atoms with Crippen molar-refractivity contribution in [1.29, 1.82) is 5.26 Å². The van der Waals surface area contributed by atoms with Gasteiger partial charge in [-0.3, -0.25) is 9.48 Å². The van der Waals surface area contributed by atoms with Crippen molar-refractivity contribution >= 4 is 5.78 Å². The lowest BCUT2D eigenvalue weighted by atomic mass is 9.48. The number of ketones is 1. The Morgan fingerprint density at radius 1 is 1.16 bits per heavy atom. The minimum atomic E-state index is 0.182. The van der Waals surface area contributed by atoms with E-state index in [1.54, 1.807) is 10.9 Å². The molecule has 5 fully saturated rings. The number of aromatic nitrogens is 2. The molecule has 31 heavy (non-hydrogen) atoms. The molecule has 0 radical (unpaired) electrons. The number of nitriles is 1. The average molecular weight is 420 g/mol. The maximum atomic E-state index is 13.7. The molecule has 5 aliphatic rings. The molecule has 5 aliphatic carbocycles. The minimum Gasteiger partial charge on any atom is -0.297 e. The number of rotatable bonds is 3. The number of Topliss-reactive ketones (excluding diaryl/α,β-unsaturated/α-hetero) is 1. The molecule has 0 saturated heterocycles. The van der Waals surface area contributed by atoms with E-state index in [0.717, 1.165) is 41.2 Å². The molecule has 0 aromatic carbocycles. The third-order valence-corrected chi connectivity index (χ3v) is 10.9. The normalized spacial score (nSPS) is 47.5. The van der Waals surface area contributed by atoms with Gasteiger partial charge in [0.1, 0.15) is 6.07 Å². The van der Waals surface area contributed by atoms with Crippen molar-refractivity contribution in [2.24, 2.45) is 58.7 Å². The summed E-state index contributed by atoms with van der Waals surface area (Å²) >= 11 is 0. The van der Waals surface area contributed by atoms with Gasteiger partial charge < -0.3 is 0 Å². The fraction of sp³-hybridized carbons (Fsp3) is 0.815. The van der Waals surface area contributed by atoms with Crippen LogP contribution in [0.3, 0.4) is 0 Å². The number of aryl methyl sites for hydroxylation is 1. The second-order valence-electron chi connectivity index (χ2n) is 12.1. The minimum absolute atomic E-state index is 0.182. The maximum Gasteiger partial charge on any atom is 0.158 e. The van der Waals surface area contributed by atoms with Gasteiger partial charge in [-0.2, -0.15) is 10.4 Å². The van der Waals surface area contributed by atoms with E-state index in [4.69, 9.17) is 0 Å². The molecule has 10 atom stereocenters. The second kappa shape index (κ2) is 6.93. The predicted octanol–water partition coefficient (Wildman–Crippen LogP) is 5.39. The molecule has 0 amide bonds. The summed E-state index contributed by atoms with van der Waals surface area (Å²) in [6.45, 7) is 7.09. The zero-order chi connectivity index (χ0) is 21.5. The molecule has 0 aliphatic heterocycles. The van der Waals surface area contributed by atoms with Crippen molar-refractivity contribution in [3.05, 3.63) is 17.5 Å². The first-order valence-corrected chi connectivity index (χ1v) is 12.9. The predicted molar refractivity (Wildman–Crippen MR) is 119 cm³/mol. The van der Waals surface area contributed by atoms with E-state index in [1.165, 1.54) is 51.4 Å². The molecule has 0 spiro atoms. The first-order chi connectivity index (χ1) is 14.9. The van der Waals surface area contributed by atoms with Gasteiger partial charge >= 0.3 is 0 Å². The van der Waals surface area contributed by atoms with Crippen LogP contribution in [0.5, 0.6) is 0 Å². The Kier molecular flexibility index (Phi) is 4.47. The third kappa shape index (κ3) is 2.77. The van der Waals surface area contributed by atoms with Gasteiger partial charge in [0.15, 0.2) is 5.78 Å². The lowest BCUT2D eigenvalue weighted by molar-refractivity contribution is -0.134. The standard InChI is InChI=1S/C27H37N3O/c1-15-23-24(15)26(22(31)14-30-13-18(12-28)16(2)29-30)27(3)11-10-20-19-7-5-4-6-17(19)8-9-21(20)25(23)27/h13,15,17,19-21,23-26H,4-11,14H2,1-3H3/t15-,17-,19-,20?,21+,23+,24-,25?,26-,27-/m0/s1. The molecule has 2 unspecified atom stereocenters. The Morgan fingerprint density at radius 3 is 2.74 bits per heavy atom. The van der Waals surface area contributed by atoms with Crippen LogP contribution in [-0.2, 0) is 11.3 Å². The molecular formula is C27H37N3O. The van der Waals surface area contributed by atoms with E-state index in [0.29, 0.717) is 29.7 Å². The molecule has 4 heteroatoms. The van der Waals surface area contributed by atoms with Crippen molar-refractivity contribution in [1.82, 2.24) is 9.78 Å². The van der Waals surface area contributed by atoms with Crippen LogP contribution in [0.1, 0.15) is 76.5 Å². The molecule has 1 aromatic rings. The number of hydrogen-bond donors (Lipinski definition) is 0. The topological polar surface area (TPSA) is 58.7 Å². The summed E-state index contributed by atoms with van der Waals surface area (Å²) in [6, 6.07) is 2.19. The molecule has 1 heterocycles. The van der Waals surface area contributed by atoms with Gasteiger partial charge in [-0.25, -0.2) is 0 Å². The summed E-state index contributed by atoms with van der Waals surface area (Å²) in [6.07, 6.45) is 13.1. The number of carbonyl (C=O) groups is 1. The highest BCUT2D eigenvalue weighted by atomic mass is 16.1. The van der Waals surface area contributed by atoms with E-state index in [9.17, 15) is 10.1 Å². The molecule has 166 valence electrons. The van der Waals surface area contributed by atoms with Crippen LogP contribution >= 0.6 is 0 Å². The smallest absolute Gasteiger partial charge is 0.158 e. The van der Waals surface area contributed by atoms with Crippen LogP contribution in [0, 0.1) is 76.9 Å². The van der Waals surface area contributed by atoms with Crippen LogP contribution in [0.4, 0.5) is 0 Å². The molecule has 0 bridgehead atoms. The van der Waals surface area contributed by atoms with Crippen LogP contribution in [0.15, 0.2) is 6.20 Å². The highest BCUT2D eigenvalue weighted by Gasteiger charge is 2.73. The van der Waals surface area contributed by atoms with Crippen LogP contribution < -0.4 is 0 Å². The zero-order valence-electron chi connectivity index (χ0n) is 19.4. The Morgan fingerprint density at radius 2 is 1.97 bits per heavy atom. The highest BCUT2D eigenvalue weighted by molar-refractivity contribution is 5.83. The first-order valence-electron chi connectivity index (χ1n) is 12.9. The number of fused-ring (bicyclic) bond motifs is 7. The van der Waals surface area contributed by atoms with Crippen LogP contribution in [-0.4, -0.2) is 15.6 Å². The summed E-state index contributed by atoms with van der Waals surface area (Å²) in [5.41, 5.74) is 1.50. The van der Waals surface area contributed by atoms with Gasteiger partial charge in [0, 0.05) is 12.1 Å². The Bertz CT molecular complexity index is 943. The lowest BCUT2D eigenvalue weighted by Crippen LogP contribution is -2.51. The van der Waals surface area contributed by atoms with Crippen molar-refractivity contribution in [2.75, 3.05) is 0 Å². The number of nitrogens with zero attached hydrogens (tertiary/aromatic N) is 3. The van der Waals surface area contributed by atoms with Gasteiger partial charge in [-0.1, -0.05) is 33.1 Å². The summed E-state index contributed by atoms with van der Waals surface area (Å²) in [7, 11) is 0. The van der Waals surface area contributed by atoms with E-state index < -0.39 is 0 Å². The van der Waals surface area contributed by atoms with Crippen LogP contribution in [0.25, 0.3) is 0 Å². The summed E-state index contributed by atoms with van der Waals surface area (Å²) in [5.74, 6) is 7.20. The Labute approximate surface area is 186 Å². The van der Waals surface area contributed by atoms with Crippen molar-refractivity contribution in [3.8, 4) is 6.07 Å². The van der Waals surface area contributed by atoms with Gasteiger partial charge in [0.25, 0.3) is 0 Å². The fourth-order valence-electron chi connectivity index (χ4n) is 9.80. The van der Waals surface area contributed by atoms with Gasteiger partial charge in [0.2, 0.25) is 0 Å². The second-order valence-corrected chi connectivity index (χ2v) is 12.1. The SMILES string of the molecule is Cc1nn(CC(=O)[C@H]2[C@H]3[C@@H](C)[C@H]3C3[C@@H]4CC[C@@H]5CCCC[C@@H]5C4CC[C@@]32C)cc1C#N. The lowest BCUT2D eigenvalue weighted by Gasteiger charge is -2.57. The maximum absolute atomic E-state index is 13.7. The van der Waals surface area contributed by atoms with Gasteiger partial charge in [-0.15, -0.1) is 0 Å². The monoisotopic (exact) mass is 419 g/mol. The number of hydrogen-bond acceptors (Lipinski definition) is 3. The summed E-state index contributed by atoms with van der Waals surface area (Å²) in [4.78, 5) is 13.7. The van der Waals surface area contributed by atoms with Crippen LogP contribution in [0.2, 0.25) is 0 Å². The quantitative estimate of drug-likeness (QED) is 0.660. The Balaban J connectivity index is 1.27. The highest BCUT2D eigenvalue weighted by Crippen LogP contribution is 2.76. The molecule has 5 saturated carbocycles. The molecular weight excluding hydrogens is 382 g/mol. The van der Waals surface area contributed by atoms with Crippen molar-refractivity contribution < 1.29 is 4.79 Å². The van der Waals surface area contributed by atoms with Crippen molar-refractivity contribution in [2.45, 2.75) is 78.7 Å².